The van der Waals surface area contributed by atoms with Crippen molar-refractivity contribution in [3.05, 3.63) is 156 Å². The number of fused-ring (bicyclic) bond motifs is 1. The summed E-state index contributed by atoms with van der Waals surface area (Å²) < 4.78 is 12.7. The van der Waals surface area contributed by atoms with Gasteiger partial charge >= 0.3 is 18.1 Å². The fourth-order valence-corrected chi connectivity index (χ4v) is 6.43. The van der Waals surface area contributed by atoms with Gasteiger partial charge in [-0.25, -0.2) is 24.0 Å². The van der Waals surface area contributed by atoms with E-state index in [1.165, 1.54) is 12.0 Å². The molecule has 3 amide bonds. The average Bonchev–Trinajstić information content (AvgIpc) is 3.53. The number of carbonyl (C=O) groups is 3. The van der Waals surface area contributed by atoms with Gasteiger partial charge in [-0.3, -0.25) is 10.2 Å². The monoisotopic (exact) mass is 710 g/mol. The van der Waals surface area contributed by atoms with E-state index in [4.69, 9.17) is 14.6 Å². The van der Waals surface area contributed by atoms with Gasteiger partial charge in [0.15, 0.2) is 11.9 Å². The zero-order chi connectivity index (χ0) is 37.6. The van der Waals surface area contributed by atoms with Gasteiger partial charge in [-0.1, -0.05) is 121 Å². The molecule has 4 aromatic carbocycles. The van der Waals surface area contributed by atoms with Crippen LogP contribution in [0.15, 0.2) is 134 Å². The number of pyridine rings is 1. The summed E-state index contributed by atoms with van der Waals surface area (Å²) in [6.45, 7) is 7.55. The van der Waals surface area contributed by atoms with Gasteiger partial charge in [-0.15, -0.1) is 0 Å². The molecule has 0 aliphatic heterocycles. The Morgan fingerprint density at radius 2 is 1.30 bits per heavy atom. The van der Waals surface area contributed by atoms with Gasteiger partial charge in [0, 0.05) is 18.8 Å². The van der Waals surface area contributed by atoms with Crippen molar-refractivity contribution in [1.29, 1.82) is 0 Å². The molecule has 11 nitrogen and oxygen atoms in total. The molecule has 270 valence electrons. The summed E-state index contributed by atoms with van der Waals surface area (Å²) in [5, 5.41) is 11.3. The zero-order valence-corrected chi connectivity index (χ0v) is 30.3. The van der Waals surface area contributed by atoms with Crippen LogP contribution in [-0.4, -0.2) is 52.1 Å². The number of aromatic nitrogens is 3. The second-order valence-electron chi connectivity index (χ2n) is 13.3. The third-order valence-corrected chi connectivity index (χ3v) is 8.71. The van der Waals surface area contributed by atoms with Crippen LogP contribution in [0.4, 0.5) is 21.2 Å². The molecule has 0 radical (unpaired) electrons. The summed E-state index contributed by atoms with van der Waals surface area (Å²) >= 11 is 0. The highest BCUT2D eigenvalue weighted by Crippen LogP contribution is 2.44. The lowest BCUT2D eigenvalue weighted by molar-refractivity contribution is -0.143. The third kappa shape index (κ3) is 7.45. The topological polar surface area (TPSA) is 128 Å². The van der Waals surface area contributed by atoms with Crippen molar-refractivity contribution in [3.63, 3.8) is 0 Å². The fourth-order valence-electron chi connectivity index (χ4n) is 6.43. The quantitative estimate of drug-likeness (QED) is 0.109. The Morgan fingerprint density at radius 3 is 1.77 bits per heavy atom. The number of hydrogen-bond donors (Lipinski definition) is 2. The van der Waals surface area contributed by atoms with Gasteiger partial charge in [0.05, 0.1) is 18.0 Å². The number of ether oxygens (including phenoxy) is 2. The Balaban J connectivity index is 1.58. The molecule has 0 saturated carbocycles. The van der Waals surface area contributed by atoms with Crippen LogP contribution in [0.25, 0.3) is 10.9 Å². The van der Waals surface area contributed by atoms with Crippen molar-refractivity contribution >= 4 is 40.6 Å². The highest BCUT2D eigenvalue weighted by atomic mass is 16.6. The van der Waals surface area contributed by atoms with Gasteiger partial charge in [0.25, 0.3) is 0 Å². The van der Waals surface area contributed by atoms with Crippen LogP contribution in [0.5, 0.6) is 0 Å². The Morgan fingerprint density at radius 1 is 0.792 bits per heavy atom. The van der Waals surface area contributed by atoms with Crippen LogP contribution in [0.3, 0.4) is 0 Å². The minimum atomic E-state index is -1.07. The standard InChI is InChI=1S/C42H42N6O5/c1-6-47(40(51)53-41(2,3)4)37-33-28-43-35(44-39(50)45-36(38(49)52-5)29-19-11-7-12-20-29)27-34(33)48(46-37)42(30-21-13-8-14-22-30,31-23-15-9-16-24-31)32-25-17-10-18-26-32/h7-28,36H,6H2,1-5H3,(H2,43,44,45,50)/t36-/m0/s1. The van der Waals surface area contributed by atoms with Crippen LogP contribution < -0.4 is 15.5 Å². The maximum Gasteiger partial charge on any atom is 0.416 e. The first-order valence-electron chi connectivity index (χ1n) is 17.3. The van der Waals surface area contributed by atoms with Gasteiger partial charge in [0.1, 0.15) is 17.0 Å². The van der Waals surface area contributed by atoms with Gasteiger partial charge in [-0.2, -0.15) is 5.10 Å². The lowest BCUT2D eigenvalue weighted by Gasteiger charge is -2.37. The molecule has 0 unspecified atom stereocenters. The lowest BCUT2D eigenvalue weighted by atomic mass is 9.77. The van der Waals surface area contributed by atoms with Crippen LogP contribution >= 0.6 is 0 Å². The van der Waals surface area contributed by atoms with Crippen LogP contribution in [0.2, 0.25) is 0 Å². The summed E-state index contributed by atoms with van der Waals surface area (Å²) in [5.41, 5.74) is 2.01. The van der Waals surface area contributed by atoms with E-state index >= 15 is 0 Å². The molecule has 2 N–H and O–H groups in total. The number of rotatable bonds is 10. The Kier molecular flexibility index (Phi) is 10.6. The minimum absolute atomic E-state index is 0.183. The second kappa shape index (κ2) is 15.4. The number of methoxy groups -OCH3 is 1. The molecular formula is C42H42N6O5. The number of nitrogens with one attached hydrogen (secondary N) is 2. The van der Waals surface area contributed by atoms with Gasteiger partial charge < -0.3 is 14.8 Å². The average molecular weight is 711 g/mol. The van der Waals surface area contributed by atoms with Crippen molar-refractivity contribution in [2.45, 2.75) is 44.9 Å². The van der Waals surface area contributed by atoms with E-state index < -0.39 is 35.3 Å². The third-order valence-electron chi connectivity index (χ3n) is 8.71. The minimum Gasteiger partial charge on any atom is -0.467 e. The van der Waals surface area contributed by atoms with E-state index in [2.05, 4.69) is 15.6 Å². The molecule has 0 aliphatic rings. The van der Waals surface area contributed by atoms with Crippen LogP contribution in [0, 0.1) is 0 Å². The van der Waals surface area contributed by atoms with Crippen molar-refractivity contribution in [3.8, 4) is 0 Å². The van der Waals surface area contributed by atoms with E-state index in [-0.39, 0.29) is 12.4 Å². The maximum atomic E-state index is 13.7. The molecule has 0 bridgehead atoms. The summed E-state index contributed by atoms with van der Waals surface area (Å²) in [7, 11) is 1.27. The number of hydrogen-bond acceptors (Lipinski definition) is 7. The van der Waals surface area contributed by atoms with E-state index in [0.717, 1.165) is 16.7 Å². The first-order valence-corrected chi connectivity index (χ1v) is 17.3. The maximum absolute atomic E-state index is 13.7. The molecule has 2 heterocycles. The molecule has 2 aromatic heterocycles. The smallest absolute Gasteiger partial charge is 0.416 e. The Hall–Kier alpha value is -6.49. The molecule has 6 aromatic rings. The largest absolute Gasteiger partial charge is 0.467 e. The summed E-state index contributed by atoms with van der Waals surface area (Å²) in [5.74, 6) is -0.109. The summed E-state index contributed by atoms with van der Waals surface area (Å²) in [4.78, 5) is 46.1. The van der Waals surface area contributed by atoms with E-state index in [1.54, 1.807) is 36.5 Å². The van der Waals surface area contributed by atoms with Crippen LogP contribution in [-0.2, 0) is 19.8 Å². The van der Waals surface area contributed by atoms with Crippen molar-refractivity contribution in [2.24, 2.45) is 0 Å². The molecule has 0 aliphatic carbocycles. The van der Waals surface area contributed by atoms with Crippen molar-refractivity contribution < 1.29 is 23.9 Å². The van der Waals surface area contributed by atoms with Gasteiger partial charge in [-0.05, 0) is 49.9 Å². The van der Waals surface area contributed by atoms with E-state index in [0.29, 0.717) is 22.3 Å². The van der Waals surface area contributed by atoms with E-state index in [1.807, 2.05) is 129 Å². The fraction of sp³-hybridized carbons (Fsp3) is 0.214. The van der Waals surface area contributed by atoms with Crippen molar-refractivity contribution in [2.75, 3.05) is 23.9 Å². The first-order chi connectivity index (χ1) is 25.6. The molecule has 0 saturated heterocycles. The molecule has 6 rings (SSSR count). The predicted octanol–water partition coefficient (Wildman–Crippen LogP) is 8.07. The van der Waals surface area contributed by atoms with Crippen molar-refractivity contribution in [1.82, 2.24) is 20.1 Å². The summed E-state index contributed by atoms with van der Waals surface area (Å²) in [6.07, 6.45) is 1.02. The number of benzene rings is 4. The molecule has 0 spiro atoms. The summed E-state index contributed by atoms with van der Waals surface area (Å²) in [6, 6.07) is 38.8. The Bertz CT molecular complexity index is 2090. The predicted molar refractivity (Wildman–Crippen MR) is 205 cm³/mol. The highest BCUT2D eigenvalue weighted by Gasteiger charge is 2.42. The molecule has 53 heavy (non-hydrogen) atoms. The number of amides is 3. The first kappa shape index (κ1) is 36.3. The number of anilines is 2. The molecular weight excluding hydrogens is 668 g/mol. The zero-order valence-electron chi connectivity index (χ0n) is 30.3. The normalized spacial score (nSPS) is 12.1. The second-order valence-corrected chi connectivity index (χ2v) is 13.3. The number of nitrogens with zero attached hydrogens (tertiary/aromatic N) is 4. The van der Waals surface area contributed by atoms with E-state index in [9.17, 15) is 14.4 Å². The number of carbonyl (C=O) groups excluding carboxylic acids is 3. The molecule has 11 heteroatoms. The van der Waals surface area contributed by atoms with Gasteiger partial charge in [0.2, 0.25) is 0 Å². The molecule has 0 fully saturated rings. The highest BCUT2D eigenvalue weighted by molar-refractivity contribution is 6.01. The molecule has 1 atom stereocenters. The Labute approximate surface area is 308 Å². The number of esters is 1. The number of urea groups is 1. The SMILES string of the molecule is CCN(C(=O)OC(C)(C)C)c1nn(C(c2ccccc2)(c2ccccc2)c2ccccc2)c2cc(NC(=O)N[C@H](C(=O)OC)c3ccccc3)ncc12. The lowest BCUT2D eigenvalue weighted by Crippen LogP contribution is -2.40. The van der Waals surface area contributed by atoms with Crippen LogP contribution in [0.1, 0.15) is 56.0 Å².